The second kappa shape index (κ2) is 6.24. The van der Waals surface area contributed by atoms with Gasteiger partial charge in [0, 0.05) is 22.2 Å². The van der Waals surface area contributed by atoms with Crippen LogP contribution in [0, 0.1) is 0 Å². The quantitative estimate of drug-likeness (QED) is 0.675. The van der Waals surface area contributed by atoms with E-state index in [-0.39, 0.29) is 5.91 Å². The molecule has 0 unspecified atom stereocenters. The number of carbonyl (C=O) groups excluding carboxylic acids is 1. The van der Waals surface area contributed by atoms with Gasteiger partial charge in [0.25, 0.3) is 5.91 Å². The molecule has 0 radical (unpaired) electrons. The van der Waals surface area contributed by atoms with Crippen LogP contribution in [0.25, 0.3) is 6.08 Å². The van der Waals surface area contributed by atoms with Crippen LogP contribution in [0.5, 0.6) is 0 Å². The Morgan fingerprint density at radius 1 is 1.42 bits per heavy atom. The van der Waals surface area contributed by atoms with E-state index < -0.39 is 0 Å². The molecule has 0 spiro atoms. The standard InChI is InChI=1S/C12H10Cl2N2OS2/c1-2-15-16-11(17)10(19-12(16)18)6-7-8(13)4-3-5-9(7)14/h3-6,15H,2H2,1H3/b10-6+. The van der Waals surface area contributed by atoms with Crippen LogP contribution in [0.2, 0.25) is 10.0 Å². The minimum Gasteiger partial charge on any atom is -0.267 e. The van der Waals surface area contributed by atoms with Crippen LogP contribution in [-0.2, 0) is 4.79 Å². The molecule has 1 fully saturated rings. The molecule has 1 N–H and O–H groups in total. The number of thioether (sulfide) groups is 1. The van der Waals surface area contributed by atoms with E-state index >= 15 is 0 Å². The van der Waals surface area contributed by atoms with Gasteiger partial charge in [-0.15, -0.1) is 0 Å². The lowest BCUT2D eigenvalue weighted by Crippen LogP contribution is -2.40. The molecule has 7 heteroatoms. The van der Waals surface area contributed by atoms with Crippen molar-refractivity contribution in [3.63, 3.8) is 0 Å². The molecule has 1 aromatic rings. The number of hydrogen-bond acceptors (Lipinski definition) is 4. The van der Waals surface area contributed by atoms with Crippen LogP contribution in [0.3, 0.4) is 0 Å². The highest BCUT2D eigenvalue weighted by atomic mass is 35.5. The van der Waals surface area contributed by atoms with Crippen molar-refractivity contribution < 1.29 is 4.79 Å². The maximum absolute atomic E-state index is 12.1. The third kappa shape index (κ3) is 3.12. The van der Waals surface area contributed by atoms with Gasteiger partial charge in [0.15, 0.2) is 4.32 Å². The van der Waals surface area contributed by atoms with E-state index in [0.717, 1.165) is 0 Å². The third-order valence-electron chi connectivity index (χ3n) is 2.39. The van der Waals surface area contributed by atoms with Crippen molar-refractivity contribution in [3.8, 4) is 0 Å². The molecule has 1 saturated heterocycles. The highest BCUT2D eigenvalue weighted by Gasteiger charge is 2.32. The summed E-state index contributed by atoms with van der Waals surface area (Å²) in [5.74, 6) is -0.187. The van der Waals surface area contributed by atoms with E-state index in [1.807, 2.05) is 6.92 Å². The zero-order valence-corrected chi connectivity index (χ0v) is 13.1. The average Bonchev–Trinajstić information content (AvgIpc) is 2.62. The lowest BCUT2D eigenvalue weighted by molar-refractivity contribution is -0.124. The summed E-state index contributed by atoms with van der Waals surface area (Å²) in [7, 11) is 0. The molecule has 0 atom stereocenters. The van der Waals surface area contributed by atoms with Gasteiger partial charge in [-0.3, -0.25) is 4.79 Å². The van der Waals surface area contributed by atoms with Crippen LogP contribution in [0.1, 0.15) is 12.5 Å². The molecule has 0 bridgehead atoms. The van der Waals surface area contributed by atoms with E-state index in [0.29, 0.717) is 31.4 Å². The molecule has 0 saturated carbocycles. The van der Waals surface area contributed by atoms with E-state index in [1.54, 1.807) is 24.3 Å². The van der Waals surface area contributed by atoms with Crippen molar-refractivity contribution >= 4 is 63.5 Å². The SMILES string of the molecule is CCNN1C(=O)/C(=C\c2c(Cl)cccc2Cl)SC1=S. The largest absolute Gasteiger partial charge is 0.280 e. The maximum Gasteiger partial charge on any atom is 0.280 e. The highest BCUT2D eigenvalue weighted by Crippen LogP contribution is 2.34. The minimum atomic E-state index is -0.187. The van der Waals surface area contributed by atoms with Crippen LogP contribution < -0.4 is 5.43 Å². The smallest absolute Gasteiger partial charge is 0.267 e. The second-order valence-corrected chi connectivity index (χ2v) is 6.15. The maximum atomic E-state index is 12.1. The van der Waals surface area contributed by atoms with Crippen LogP contribution in [0.4, 0.5) is 0 Å². The van der Waals surface area contributed by atoms with E-state index in [9.17, 15) is 4.79 Å². The van der Waals surface area contributed by atoms with Crippen LogP contribution >= 0.6 is 47.2 Å². The Labute approximate surface area is 130 Å². The fraction of sp³-hybridized carbons (Fsp3) is 0.167. The minimum absolute atomic E-state index is 0.187. The summed E-state index contributed by atoms with van der Waals surface area (Å²) in [6.45, 7) is 2.51. The van der Waals surface area contributed by atoms with Crippen molar-refractivity contribution in [1.82, 2.24) is 10.4 Å². The van der Waals surface area contributed by atoms with Crippen molar-refractivity contribution in [2.75, 3.05) is 6.54 Å². The first kappa shape index (κ1) is 14.8. The topological polar surface area (TPSA) is 32.3 Å². The molecule has 100 valence electrons. The second-order valence-electron chi connectivity index (χ2n) is 3.66. The Morgan fingerprint density at radius 3 is 2.63 bits per heavy atom. The Hall–Kier alpha value is -0.590. The summed E-state index contributed by atoms with van der Waals surface area (Å²) in [6.07, 6.45) is 1.67. The van der Waals surface area contributed by atoms with Gasteiger partial charge in [0.05, 0.1) is 4.91 Å². The summed E-state index contributed by atoms with van der Waals surface area (Å²) >= 11 is 18.5. The first-order valence-corrected chi connectivity index (χ1v) is 7.48. The van der Waals surface area contributed by atoms with Gasteiger partial charge in [-0.1, -0.05) is 60.2 Å². The van der Waals surface area contributed by atoms with Gasteiger partial charge in [-0.05, 0) is 18.2 Å². The number of carbonyl (C=O) groups is 1. The molecular weight excluding hydrogens is 323 g/mol. The first-order valence-electron chi connectivity index (χ1n) is 5.50. The van der Waals surface area contributed by atoms with E-state index in [2.05, 4.69) is 5.43 Å². The van der Waals surface area contributed by atoms with Crippen molar-refractivity contribution in [1.29, 1.82) is 0 Å². The van der Waals surface area contributed by atoms with Crippen LogP contribution in [-0.4, -0.2) is 21.8 Å². The molecular formula is C12H10Cl2N2OS2. The Bertz CT molecular complexity index is 555. The van der Waals surface area contributed by atoms with Crippen molar-refractivity contribution in [2.24, 2.45) is 0 Å². The fourth-order valence-corrected chi connectivity index (χ4v) is 3.25. The van der Waals surface area contributed by atoms with Gasteiger partial charge in [-0.25, -0.2) is 10.4 Å². The van der Waals surface area contributed by atoms with Gasteiger partial charge >= 0.3 is 0 Å². The molecule has 1 heterocycles. The monoisotopic (exact) mass is 332 g/mol. The van der Waals surface area contributed by atoms with E-state index in [1.165, 1.54) is 16.8 Å². The molecule has 1 amide bonds. The molecule has 3 nitrogen and oxygen atoms in total. The zero-order valence-electron chi connectivity index (χ0n) is 9.94. The molecule has 19 heavy (non-hydrogen) atoms. The number of thiocarbonyl (C=S) groups is 1. The number of halogens is 2. The number of rotatable bonds is 3. The summed E-state index contributed by atoms with van der Waals surface area (Å²) in [6, 6.07) is 5.21. The van der Waals surface area contributed by atoms with Gasteiger partial charge in [0.2, 0.25) is 0 Å². The predicted octanol–water partition coefficient (Wildman–Crippen LogP) is 3.72. The lowest BCUT2D eigenvalue weighted by Gasteiger charge is -2.13. The van der Waals surface area contributed by atoms with Crippen LogP contribution in [0.15, 0.2) is 23.1 Å². The van der Waals surface area contributed by atoms with Gasteiger partial charge in [-0.2, -0.15) is 0 Å². The molecule has 0 aromatic heterocycles. The lowest BCUT2D eigenvalue weighted by atomic mass is 10.2. The first-order chi connectivity index (χ1) is 9.04. The Morgan fingerprint density at radius 2 is 2.05 bits per heavy atom. The van der Waals surface area contributed by atoms with E-state index in [4.69, 9.17) is 35.4 Å². The van der Waals surface area contributed by atoms with Crippen molar-refractivity contribution in [2.45, 2.75) is 6.92 Å². The normalized spacial score (nSPS) is 17.6. The molecule has 1 aliphatic heterocycles. The fourth-order valence-electron chi connectivity index (χ4n) is 1.54. The summed E-state index contributed by atoms with van der Waals surface area (Å²) < 4.78 is 0.473. The molecule has 0 aliphatic carbocycles. The number of nitrogens with one attached hydrogen (secondary N) is 1. The average molecular weight is 333 g/mol. The number of amides is 1. The molecule has 2 rings (SSSR count). The Balaban J connectivity index is 2.35. The number of benzene rings is 1. The Kier molecular flexibility index (Phi) is 4.86. The molecule has 1 aromatic carbocycles. The summed E-state index contributed by atoms with van der Waals surface area (Å²) in [5.41, 5.74) is 3.53. The summed E-state index contributed by atoms with van der Waals surface area (Å²) in [4.78, 5) is 12.6. The van der Waals surface area contributed by atoms with Crippen molar-refractivity contribution in [3.05, 3.63) is 38.7 Å². The predicted molar refractivity (Wildman–Crippen MR) is 85.2 cm³/mol. The van der Waals surface area contributed by atoms with Gasteiger partial charge < -0.3 is 0 Å². The number of hydrazine groups is 1. The molecule has 1 aliphatic rings. The number of nitrogens with zero attached hydrogens (tertiary/aromatic N) is 1. The third-order valence-corrected chi connectivity index (χ3v) is 4.35. The zero-order chi connectivity index (χ0) is 14.0. The van der Waals surface area contributed by atoms with Gasteiger partial charge in [0.1, 0.15) is 0 Å². The highest BCUT2D eigenvalue weighted by molar-refractivity contribution is 8.26. The number of hydrogen-bond donors (Lipinski definition) is 1. The summed E-state index contributed by atoms with van der Waals surface area (Å²) in [5, 5.41) is 2.36.